The summed E-state index contributed by atoms with van der Waals surface area (Å²) in [6, 6.07) is 3.46. The Labute approximate surface area is 127 Å². The summed E-state index contributed by atoms with van der Waals surface area (Å²) < 4.78 is 38.2. The molecule has 0 atom stereocenters. The molecule has 9 heteroatoms. The highest BCUT2D eigenvalue weighted by atomic mass is 79.9. The van der Waals surface area contributed by atoms with Crippen molar-refractivity contribution >= 4 is 21.8 Å². The molecule has 0 radical (unpaired) electrons. The molecule has 1 aromatic rings. The maximum absolute atomic E-state index is 12.5. The summed E-state index contributed by atoms with van der Waals surface area (Å²) >= 11 is 3.18. The Kier molecular flexibility index (Phi) is 4.60. The number of nitrogens with one attached hydrogen (secondary N) is 1. The zero-order chi connectivity index (χ0) is 15.5. The lowest BCUT2D eigenvalue weighted by Gasteiger charge is -2.14. The summed E-state index contributed by atoms with van der Waals surface area (Å²) in [5, 5.41) is 8.71. The molecule has 2 heterocycles. The minimum absolute atomic E-state index is 0.138. The van der Waals surface area contributed by atoms with Gasteiger partial charge in [0.2, 0.25) is 5.91 Å². The average molecular weight is 365 g/mol. The number of hydrogen-bond acceptors (Lipinski definition) is 4. The first-order chi connectivity index (χ1) is 9.82. The number of rotatable bonds is 6. The van der Waals surface area contributed by atoms with Gasteiger partial charge in [-0.15, -0.1) is 10.2 Å². The van der Waals surface area contributed by atoms with E-state index in [1.54, 1.807) is 18.3 Å². The predicted octanol–water partition coefficient (Wildman–Crippen LogP) is 3.01. The van der Waals surface area contributed by atoms with Crippen LogP contribution in [0.5, 0.6) is 0 Å². The smallest absolute Gasteiger partial charge is 0.356 e. The van der Waals surface area contributed by atoms with Crippen LogP contribution in [0.3, 0.4) is 0 Å². The monoisotopic (exact) mass is 364 g/mol. The number of aromatic nitrogens is 1. The van der Waals surface area contributed by atoms with Crippen LogP contribution in [0.2, 0.25) is 0 Å². The minimum Gasteiger partial charge on any atom is -0.356 e. The van der Waals surface area contributed by atoms with E-state index in [4.69, 9.17) is 0 Å². The first kappa shape index (κ1) is 15.9. The van der Waals surface area contributed by atoms with Gasteiger partial charge in [-0.2, -0.15) is 13.2 Å². The van der Waals surface area contributed by atoms with Gasteiger partial charge in [0.1, 0.15) is 4.60 Å². The molecule has 0 saturated carbocycles. The van der Waals surface area contributed by atoms with Crippen molar-refractivity contribution in [1.29, 1.82) is 0 Å². The normalized spacial score (nSPS) is 15.8. The fraction of sp³-hybridized carbons (Fsp3) is 0.500. The van der Waals surface area contributed by atoms with Gasteiger partial charge in [-0.1, -0.05) is 6.07 Å². The van der Waals surface area contributed by atoms with E-state index >= 15 is 0 Å². The topological polar surface area (TPSA) is 66.7 Å². The van der Waals surface area contributed by atoms with Crippen LogP contribution in [0.15, 0.2) is 33.2 Å². The number of carbonyl (C=O) groups is 1. The van der Waals surface area contributed by atoms with Gasteiger partial charge in [0, 0.05) is 19.2 Å². The SMILES string of the molecule is O=C(Cc1ccc(Br)nc1)NCCCC1(C(F)(F)F)N=N1. The first-order valence-electron chi connectivity index (χ1n) is 6.20. The predicted molar refractivity (Wildman–Crippen MR) is 71.5 cm³/mol. The van der Waals surface area contributed by atoms with Gasteiger partial charge in [0.15, 0.2) is 0 Å². The van der Waals surface area contributed by atoms with Gasteiger partial charge in [0.05, 0.1) is 6.42 Å². The van der Waals surface area contributed by atoms with Gasteiger partial charge in [-0.3, -0.25) is 4.79 Å². The van der Waals surface area contributed by atoms with E-state index < -0.39 is 11.8 Å². The fourth-order valence-corrected chi connectivity index (χ4v) is 1.97. The molecule has 5 nitrogen and oxygen atoms in total. The quantitative estimate of drug-likeness (QED) is 0.622. The van der Waals surface area contributed by atoms with E-state index in [0.717, 1.165) is 5.56 Å². The zero-order valence-corrected chi connectivity index (χ0v) is 12.4. The third kappa shape index (κ3) is 4.23. The molecular formula is C12H12BrF3N4O. The van der Waals surface area contributed by atoms with Crippen molar-refractivity contribution in [3.8, 4) is 0 Å². The van der Waals surface area contributed by atoms with Crippen LogP contribution in [0.4, 0.5) is 13.2 Å². The van der Waals surface area contributed by atoms with Crippen LogP contribution in [0.1, 0.15) is 18.4 Å². The third-order valence-electron chi connectivity index (χ3n) is 2.97. The van der Waals surface area contributed by atoms with E-state index in [0.29, 0.717) is 4.60 Å². The number of alkyl halides is 3. The van der Waals surface area contributed by atoms with Crippen molar-refractivity contribution in [1.82, 2.24) is 10.3 Å². The molecule has 0 unspecified atom stereocenters. The van der Waals surface area contributed by atoms with E-state index in [2.05, 4.69) is 36.5 Å². The Bertz CT molecular complexity index is 538. The van der Waals surface area contributed by atoms with Gasteiger partial charge in [0.25, 0.3) is 5.66 Å². The largest absolute Gasteiger partial charge is 0.437 e. The molecule has 114 valence electrons. The van der Waals surface area contributed by atoms with Crippen LogP contribution >= 0.6 is 15.9 Å². The molecule has 21 heavy (non-hydrogen) atoms. The van der Waals surface area contributed by atoms with Gasteiger partial charge in [-0.05, 0) is 34.0 Å². The summed E-state index contributed by atoms with van der Waals surface area (Å²) in [6.45, 7) is 0.158. The van der Waals surface area contributed by atoms with Crippen molar-refractivity contribution in [3.05, 3.63) is 28.5 Å². The van der Waals surface area contributed by atoms with Crippen LogP contribution in [-0.4, -0.2) is 29.3 Å². The third-order valence-corrected chi connectivity index (χ3v) is 3.44. The second kappa shape index (κ2) is 6.08. The number of nitrogens with zero attached hydrogens (tertiary/aromatic N) is 3. The molecule has 1 amide bonds. The highest BCUT2D eigenvalue weighted by Crippen LogP contribution is 2.47. The molecule has 0 saturated heterocycles. The maximum atomic E-state index is 12.5. The van der Waals surface area contributed by atoms with Gasteiger partial charge >= 0.3 is 6.18 Å². The Morgan fingerprint density at radius 1 is 1.33 bits per heavy atom. The lowest BCUT2D eigenvalue weighted by molar-refractivity contribution is -0.165. The fourth-order valence-electron chi connectivity index (χ4n) is 1.74. The van der Waals surface area contributed by atoms with Crippen LogP contribution in [-0.2, 0) is 11.2 Å². The van der Waals surface area contributed by atoms with Crippen LogP contribution in [0, 0.1) is 0 Å². The summed E-state index contributed by atoms with van der Waals surface area (Å²) in [7, 11) is 0. The lowest BCUT2D eigenvalue weighted by atomic mass is 10.1. The highest BCUT2D eigenvalue weighted by molar-refractivity contribution is 9.10. The second-order valence-electron chi connectivity index (χ2n) is 4.63. The van der Waals surface area contributed by atoms with Gasteiger partial charge in [-0.25, -0.2) is 4.98 Å². The Balaban J connectivity index is 1.67. The van der Waals surface area contributed by atoms with Crippen molar-refractivity contribution in [3.63, 3.8) is 0 Å². The molecular weight excluding hydrogens is 353 g/mol. The molecule has 0 spiro atoms. The minimum atomic E-state index is -4.44. The van der Waals surface area contributed by atoms with Crippen molar-refractivity contribution < 1.29 is 18.0 Å². The summed E-state index contributed by atoms with van der Waals surface area (Å²) in [5.74, 6) is -0.259. The molecule has 1 aliphatic rings. The van der Waals surface area contributed by atoms with Crippen LogP contribution < -0.4 is 5.32 Å². The highest BCUT2D eigenvalue weighted by Gasteiger charge is 2.63. The molecule has 2 rings (SSSR count). The Morgan fingerprint density at radius 3 is 2.57 bits per heavy atom. The van der Waals surface area contributed by atoms with E-state index in [9.17, 15) is 18.0 Å². The summed E-state index contributed by atoms with van der Waals surface area (Å²) in [6.07, 6.45) is -2.82. The summed E-state index contributed by atoms with van der Waals surface area (Å²) in [4.78, 5) is 15.6. The van der Waals surface area contributed by atoms with Crippen molar-refractivity contribution in [2.24, 2.45) is 10.2 Å². The number of pyridine rings is 1. The maximum Gasteiger partial charge on any atom is 0.437 e. The van der Waals surface area contributed by atoms with E-state index in [1.165, 1.54) is 0 Å². The number of carbonyl (C=O) groups excluding carboxylic acids is 1. The number of halogens is 4. The van der Waals surface area contributed by atoms with Crippen molar-refractivity contribution in [2.45, 2.75) is 31.1 Å². The molecule has 0 aliphatic carbocycles. The second-order valence-corrected chi connectivity index (χ2v) is 5.45. The Hall–Kier alpha value is -1.51. The molecule has 0 bridgehead atoms. The standard InChI is InChI=1S/C12H12BrF3N4O/c13-9-3-2-8(7-18-9)6-10(21)17-5-1-4-11(19-20-11)12(14,15)16/h2-3,7H,1,4-6H2,(H,17,21). The molecule has 1 aromatic heterocycles. The molecule has 0 fully saturated rings. The summed E-state index contributed by atoms with van der Waals surface area (Å²) in [5.41, 5.74) is -1.50. The number of amides is 1. The molecule has 1 N–H and O–H groups in total. The van der Waals surface area contributed by atoms with Gasteiger partial charge < -0.3 is 5.32 Å². The average Bonchev–Trinajstić information content (AvgIpc) is 3.18. The first-order valence-corrected chi connectivity index (χ1v) is 7.00. The molecule has 1 aliphatic heterocycles. The van der Waals surface area contributed by atoms with Crippen LogP contribution in [0.25, 0.3) is 0 Å². The van der Waals surface area contributed by atoms with E-state index in [-0.39, 0.29) is 31.7 Å². The van der Waals surface area contributed by atoms with E-state index in [1.807, 2.05) is 0 Å². The Morgan fingerprint density at radius 2 is 2.05 bits per heavy atom. The number of hydrogen-bond donors (Lipinski definition) is 1. The lowest BCUT2D eigenvalue weighted by Crippen LogP contribution is -2.34. The molecule has 0 aromatic carbocycles. The van der Waals surface area contributed by atoms with Crippen molar-refractivity contribution in [2.75, 3.05) is 6.54 Å². The zero-order valence-electron chi connectivity index (χ0n) is 10.8.